The third kappa shape index (κ3) is 6.54. The Morgan fingerprint density at radius 2 is 1.37 bits per heavy atom. The summed E-state index contributed by atoms with van der Waals surface area (Å²) >= 11 is 0. The van der Waals surface area contributed by atoms with Crippen molar-refractivity contribution in [3.63, 3.8) is 0 Å². The van der Waals surface area contributed by atoms with Gasteiger partial charge in [0.25, 0.3) is 5.91 Å². The number of nitrogens with one attached hydrogen (secondary N) is 3. The van der Waals surface area contributed by atoms with Gasteiger partial charge < -0.3 is 20.7 Å². The van der Waals surface area contributed by atoms with Crippen molar-refractivity contribution < 1.29 is 13.9 Å². The number of amides is 1. The number of nitrogens with zero attached hydrogens (tertiary/aromatic N) is 2. The highest BCUT2D eigenvalue weighted by Gasteiger charge is 2.16. The van der Waals surface area contributed by atoms with E-state index in [1.807, 2.05) is 56.3 Å². The van der Waals surface area contributed by atoms with Gasteiger partial charge in [0, 0.05) is 23.1 Å². The second-order valence-corrected chi connectivity index (χ2v) is 8.06. The molecule has 1 atom stereocenters. The lowest BCUT2D eigenvalue weighted by molar-refractivity contribution is -0.122. The zero-order chi connectivity index (χ0) is 24.8. The van der Waals surface area contributed by atoms with Gasteiger partial charge in [-0.1, -0.05) is 29.8 Å². The number of aromatic nitrogens is 2. The van der Waals surface area contributed by atoms with Gasteiger partial charge in [0.15, 0.2) is 17.7 Å². The van der Waals surface area contributed by atoms with Crippen LogP contribution >= 0.6 is 0 Å². The molecule has 1 unspecified atom stereocenters. The Morgan fingerprint density at radius 1 is 0.829 bits per heavy atom. The lowest BCUT2D eigenvalue weighted by Gasteiger charge is -2.15. The summed E-state index contributed by atoms with van der Waals surface area (Å²) in [5.41, 5.74) is 3.50. The third-order valence-electron chi connectivity index (χ3n) is 5.10. The summed E-state index contributed by atoms with van der Waals surface area (Å²) in [5.74, 6) is 1.07. The van der Waals surface area contributed by atoms with E-state index in [0.29, 0.717) is 23.1 Å². The topological polar surface area (TPSA) is 88.2 Å². The molecule has 3 aromatic carbocycles. The number of hydrogen-bond donors (Lipinski definition) is 3. The molecule has 7 nitrogen and oxygen atoms in total. The van der Waals surface area contributed by atoms with Crippen molar-refractivity contribution in [2.75, 3.05) is 16.0 Å². The maximum Gasteiger partial charge on any atom is 0.265 e. The molecule has 8 heteroatoms. The Bertz CT molecular complexity index is 1310. The molecule has 0 aliphatic heterocycles. The molecular weight excluding hydrogens is 445 g/mol. The molecule has 0 radical (unpaired) electrons. The van der Waals surface area contributed by atoms with Crippen LogP contribution in [-0.4, -0.2) is 22.0 Å². The summed E-state index contributed by atoms with van der Waals surface area (Å²) in [6, 6.07) is 23.0. The number of anilines is 5. The minimum absolute atomic E-state index is 0.0334. The molecular formula is C27H26FN5O2. The van der Waals surface area contributed by atoms with E-state index in [9.17, 15) is 9.18 Å². The van der Waals surface area contributed by atoms with Crippen LogP contribution in [0.3, 0.4) is 0 Å². The van der Waals surface area contributed by atoms with Gasteiger partial charge in [-0.3, -0.25) is 4.79 Å². The third-order valence-corrected chi connectivity index (χ3v) is 5.10. The number of benzene rings is 3. The van der Waals surface area contributed by atoms with E-state index < -0.39 is 11.9 Å². The van der Waals surface area contributed by atoms with Crippen molar-refractivity contribution in [3.05, 3.63) is 96.1 Å². The van der Waals surface area contributed by atoms with Gasteiger partial charge in [0.2, 0.25) is 0 Å². The fraction of sp³-hybridized carbons (Fsp3) is 0.148. The Balaban J connectivity index is 1.37. The van der Waals surface area contributed by atoms with Crippen molar-refractivity contribution in [2.45, 2.75) is 26.9 Å². The minimum atomic E-state index is -0.867. The highest BCUT2D eigenvalue weighted by molar-refractivity contribution is 5.94. The van der Waals surface area contributed by atoms with Gasteiger partial charge in [0.05, 0.1) is 0 Å². The standard InChI is InChI=1S/C27H26FN5O2/c1-17-8-10-20(11-9-17)31-25-16-26(30-19(3)29-25)32-21-12-14-22(15-13-21)33-27(34)18(2)35-24-7-5-4-6-23(24)28/h4-16,18H,1-3H3,(H,33,34)(H2,29,30,31,32). The fourth-order valence-corrected chi connectivity index (χ4v) is 3.29. The Kier molecular flexibility index (Phi) is 7.21. The predicted octanol–water partition coefficient (Wildman–Crippen LogP) is 6.13. The number of aryl methyl sites for hydroxylation is 2. The maximum absolute atomic E-state index is 13.8. The summed E-state index contributed by atoms with van der Waals surface area (Å²) in [7, 11) is 0. The minimum Gasteiger partial charge on any atom is -0.478 e. The van der Waals surface area contributed by atoms with Crippen LogP contribution in [0.5, 0.6) is 5.75 Å². The molecule has 1 heterocycles. The SMILES string of the molecule is Cc1ccc(Nc2cc(Nc3ccc(NC(=O)C(C)Oc4ccccc4F)cc3)nc(C)n2)cc1. The van der Waals surface area contributed by atoms with Gasteiger partial charge in [0.1, 0.15) is 17.5 Å². The molecule has 0 spiro atoms. The van der Waals surface area contributed by atoms with E-state index in [1.54, 1.807) is 31.2 Å². The van der Waals surface area contributed by atoms with Crippen LogP contribution in [0, 0.1) is 19.7 Å². The van der Waals surface area contributed by atoms with Crippen molar-refractivity contribution in [1.29, 1.82) is 0 Å². The zero-order valence-corrected chi connectivity index (χ0v) is 19.7. The highest BCUT2D eigenvalue weighted by Crippen LogP contribution is 2.22. The van der Waals surface area contributed by atoms with Crippen LogP contribution in [0.1, 0.15) is 18.3 Å². The molecule has 4 rings (SSSR count). The van der Waals surface area contributed by atoms with Gasteiger partial charge in [-0.15, -0.1) is 0 Å². The monoisotopic (exact) mass is 471 g/mol. The molecule has 1 amide bonds. The molecule has 0 aliphatic carbocycles. The number of hydrogen-bond acceptors (Lipinski definition) is 6. The number of carbonyl (C=O) groups excluding carboxylic acids is 1. The molecule has 4 aromatic rings. The zero-order valence-electron chi connectivity index (χ0n) is 19.7. The van der Waals surface area contributed by atoms with Gasteiger partial charge in [-0.2, -0.15) is 0 Å². The van der Waals surface area contributed by atoms with Crippen molar-refractivity contribution >= 4 is 34.6 Å². The quantitative estimate of drug-likeness (QED) is 0.287. The molecule has 1 aromatic heterocycles. The second kappa shape index (κ2) is 10.6. The summed E-state index contributed by atoms with van der Waals surface area (Å²) in [6.07, 6.45) is -0.867. The smallest absolute Gasteiger partial charge is 0.265 e. The second-order valence-electron chi connectivity index (χ2n) is 8.06. The van der Waals surface area contributed by atoms with Gasteiger partial charge >= 0.3 is 0 Å². The van der Waals surface area contributed by atoms with Crippen LogP contribution < -0.4 is 20.7 Å². The Labute approximate surface area is 203 Å². The fourth-order valence-electron chi connectivity index (χ4n) is 3.29. The van der Waals surface area contributed by atoms with E-state index in [0.717, 1.165) is 11.4 Å². The largest absolute Gasteiger partial charge is 0.478 e. The molecule has 0 saturated heterocycles. The maximum atomic E-state index is 13.8. The summed E-state index contributed by atoms with van der Waals surface area (Å²) in [6.45, 7) is 5.43. The molecule has 178 valence electrons. The molecule has 0 fully saturated rings. The number of para-hydroxylation sites is 1. The first kappa shape index (κ1) is 23.7. The Morgan fingerprint density at radius 3 is 1.97 bits per heavy atom. The average molecular weight is 472 g/mol. The van der Waals surface area contributed by atoms with E-state index >= 15 is 0 Å². The summed E-state index contributed by atoms with van der Waals surface area (Å²) in [5, 5.41) is 9.31. The molecule has 0 aliphatic rings. The average Bonchev–Trinajstić information content (AvgIpc) is 2.83. The van der Waals surface area contributed by atoms with Crippen LogP contribution in [0.15, 0.2) is 78.9 Å². The van der Waals surface area contributed by atoms with Crippen LogP contribution in [0.2, 0.25) is 0 Å². The number of rotatable bonds is 8. The van der Waals surface area contributed by atoms with E-state index in [2.05, 4.69) is 25.9 Å². The van der Waals surface area contributed by atoms with Crippen molar-refractivity contribution in [3.8, 4) is 5.75 Å². The number of ether oxygens (including phenoxy) is 1. The normalized spacial score (nSPS) is 11.4. The molecule has 3 N–H and O–H groups in total. The first-order valence-corrected chi connectivity index (χ1v) is 11.1. The van der Waals surface area contributed by atoms with Crippen LogP contribution in [0.25, 0.3) is 0 Å². The van der Waals surface area contributed by atoms with E-state index in [-0.39, 0.29) is 11.7 Å². The Hall–Kier alpha value is -4.46. The molecule has 0 saturated carbocycles. The lowest BCUT2D eigenvalue weighted by atomic mass is 10.2. The molecule has 35 heavy (non-hydrogen) atoms. The van der Waals surface area contributed by atoms with Crippen molar-refractivity contribution in [1.82, 2.24) is 9.97 Å². The van der Waals surface area contributed by atoms with Gasteiger partial charge in [-0.25, -0.2) is 14.4 Å². The predicted molar refractivity (Wildman–Crippen MR) is 136 cm³/mol. The van der Waals surface area contributed by atoms with Crippen LogP contribution in [-0.2, 0) is 4.79 Å². The van der Waals surface area contributed by atoms with Crippen LogP contribution in [0.4, 0.5) is 33.1 Å². The summed E-state index contributed by atoms with van der Waals surface area (Å²) < 4.78 is 19.2. The van der Waals surface area contributed by atoms with E-state index in [4.69, 9.17) is 4.74 Å². The first-order valence-electron chi connectivity index (χ1n) is 11.1. The lowest BCUT2D eigenvalue weighted by Crippen LogP contribution is -2.30. The molecule has 0 bridgehead atoms. The van der Waals surface area contributed by atoms with E-state index in [1.165, 1.54) is 17.7 Å². The number of halogens is 1. The first-order chi connectivity index (χ1) is 16.9. The van der Waals surface area contributed by atoms with Gasteiger partial charge in [-0.05, 0) is 69.3 Å². The summed E-state index contributed by atoms with van der Waals surface area (Å²) in [4.78, 5) is 21.3. The van der Waals surface area contributed by atoms with Crippen molar-refractivity contribution in [2.24, 2.45) is 0 Å². The highest BCUT2D eigenvalue weighted by atomic mass is 19.1. The number of carbonyl (C=O) groups is 1.